The van der Waals surface area contributed by atoms with E-state index in [0.717, 1.165) is 5.69 Å². The minimum atomic E-state index is -0.536. The van der Waals surface area contributed by atoms with Crippen LogP contribution in [0, 0.1) is 9.77 Å². The second-order valence-electron chi connectivity index (χ2n) is 4.99. The fourth-order valence-electron chi connectivity index (χ4n) is 1.96. The Kier molecular flexibility index (Phi) is 6.31. The lowest BCUT2D eigenvalue weighted by Gasteiger charge is -2.05. The van der Waals surface area contributed by atoms with Gasteiger partial charge >= 0.3 is 0 Å². The number of amides is 1. The van der Waals surface area contributed by atoms with Crippen LogP contribution in [0.25, 0.3) is 5.69 Å². The molecule has 0 spiro atoms. The number of anilines is 1. The molecule has 0 radical (unpaired) electrons. The molecule has 0 unspecified atom stereocenters. The minimum absolute atomic E-state index is 0.0462. The van der Waals surface area contributed by atoms with Crippen molar-refractivity contribution in [3.63, 3.8) is 0 Å². The van der Waals surface area contributed by atoms with E-state index < -0.39 is 5.82 Å². The van der Waals surface area contributed by atoms with Gasteiger partial charge < -0.3 is 5.32 Å². The number of nitrogens with one attached hydrogen (secondary N) is 1. The van der Waals surface area contributed by atoms with Crippen LogP contribution in [0.1, 0.15) is 0 Å². The molecule has 0 bridgehead atoms. The van der Waals surface area contributed by atoms with Crippen molar-refractivity contribution >= 4 is 70.1 Å². The monoisotopic (exact) mass is 445 g/mol. The van der Waals surface area contributed by atoms with Gasteiger partial charge in [-0.2, -0.15) is 0 Å². The van der Waals surface area contributed by atoms with Gasteiger partial charge in [-0.25, -0.2) is 9.07 Å². The molecule has 1 amide bonds. The van der Waals surface area contributed by atoms with Gasteiger partial charge in [-0.15, -0.1) is 5.10 Å². The molecule has 3 rings (SSSR count). The summed E-state index contributed by atoms with van der Waals surface area (Å²) in [6, 6.07) is 11.2. The Morgan fingerprint density at radius 2 is 2.00 bits per heavy atom. The zero-order chi connectivity index (χ0) is 18.7. The van der Waals surface area contributed by atoms with Crippen LogP contribution in [0.4, 0.5) is 10.1 Å². The van der Waals surface area contributed by atoms with Crippen LogP contribution in [-0.4, -0.2) is 21.4 Å². The van der Waals surface area contributed by atoms with Crippen molar-refractivity contribution in [1.29, 1.82) is 0 Å². The van der Waals surface area contributed by atoms with E-state index in [1.807, 2.05) is 12.1 Å². The summed E-state index contributed by atoms with van der Waals surface area (Å²) in [6.45, 7) is 0. The van der Waals surface area contributed by atoms with Crippen molar-refractivity contribution in [2.75, 3.05) is 11.1 Å². The van der Waals surface area contributed by atoms with Gasteiger partial charge in [0.15, 0.2) is 8.29 Å². The zero-order valence-corrected chi connectivity index (χ0v) is 16.9. The van der Waals surface area contributed by atoms with Gasteiger partial charge in [-0.05, 0) is 54.7 Å². The van der Waals surface area contributed by atoms with Crippen LogP contribution >= 0.6 is 58.5 Å². The molecular formula is C16H10Cl2FN3OS3. The summed E-state index contributed by atoms with van der Waals surface area (Å²) < 4.78 is 16.0. The number of carbonyl (C=O) groups excluding carboxylic acids is 1. The Morgan fingerprint density at radius 1 is 1.27 bits per heavy atom. The van der Waals surface area contributed by atoms with Crippen LogP contribution in [0.5, 0.6) is 0 Å². The summed E-state index contributed by atoms with van der Waals surface area (Å²) in [7, 11) is 0. The Morgan fingerprint density at radius 3 is 2.69 bits per heavy atom. The molecule has 134 valence electrons. The largest absolute Gasteiger partial charge is 0.325 e. The molecule has 0 saturated heterocycles. The molecule has 0 aliphatic carbocycles. The van der Waals surface area contributed by atoms with E-state index >= 15 is 0 Å². The lowest BCUT2D eigenvalue weighted by atomic mass is 10.3. The number of nitrogens with zero attached hydrogens (tertiary/aromatic N) is 2. The van der Waals surface area contributed by atoms with Crippen LogP contribution in [0.15, 0.2) is 46.8 Å². The number of benzene rings is 2. The fourth-order valence-corrected chi connectivity index (χ4v) is 4.43. The number of halogens is 3. The van der Waals surface area contributed by atoms with Gasteiger partial charge in [0.25, 0.3) is 0 Å². The average Bonchev–Trinajstić information content (AvgIpc) is 2.98. The maximum atomic E-state index is 13.1. The van der Waals surface area contributed by atoms with Gasteiger partial charge in [0.1, 0.15) is 5.82 Å². The number of hydrogen-bond acceptors (Lipinski definition) is 5. The number of carbonyl (C=O) groups is 1. The number of rotatable bonds is 5. The van der Waals surface area contributed by atoms with Gasteiger partial charge in [0, 0.05) is 10.7 Å². The SMILES string of the molecule is O=C(CSc1nn(-c2ccc(Cl)cc2)c(=S)s1)Nc1ccc(F)c(Cl)c1. The molecule has 0 aliphatic heterocycles. The van der Waals surface area contributed by atoms with Crippen molar-refractivity contribution in [2.24, 2.45) is 0 Å². The first-order valence-corrected chi connectivity index (χ1v) is 10.1. The third kappa shape index (κ3) is 4.83. The lowest BCUT2D eigenvalue weighted by Crippen LogP contribution is -2.14. The summed E-state index contributed by atoms with van der Waals surface area (Å²) in [4.78, 5) is 12.0. The molecule has 0 aliphatic rings. The maximum absolute atomic E-state index is 13.1. The minimum Gasteiger partial charge on any atom is -0.325 e. The molecule has 2 aromatic carbocycles. The van der Waals surface area contributed by atoms with Crippen molar-refractivity contribution < 1.29 is 9.18 Å². The van der Waals surface area contributed by atoms with Gasteiger partial charge in [0.2, 0.25) is 5.91 Å². The molecule has 1 aromatic heterocycles. The number of aromatic nitrogens is 2. The second-order valence-corrected chi connectivity index (χ2v) is 8.68. The Labute approximate surface area is 171 Å². The van der Waals surface area contributed by atoms with E-state index in [-0.39, 0.29) is 16.7 Å². The lowest BCUT2D eigenvalue weighted by molar-refractivity contribution is -0.113. The smallest absolute Gasteiger partial charge is 0.234 e. The Balaban J connectivity index is 1.63. The van der Waals surface area contributed by atoms with Crippen molar-refractivity contribution in [2.45, 2.75) is 4.34 Å². The average molecular weight is 446 g/mol. The van der Waals surface area contributed by atoms with Crippen molar-refractivity contribution in [1.82, 2.24) is 9.78 Å². The highest BCUT2D eigenvalue weighted by atomic mass is 35.5. The van der Waals surface area contributed by atoms with Crippen molar-refractivity contribution in [3.05, 3.63) is 62.3 Å². The Bertz CT molecular complexity index is 1000. The summed E-state index contributed by atoms with van der Waals surface area (Å²) in [6.07, 6.45) is 0. The summed E-state index contributed by atoms with van der Waals surface area (Å²) in [5, 5.41) is 7.65. The van der Waals surface area contributed by atoms with E-state index in [4.69, 9.17) is 35.4 Å². The van der Waals surface area contributed by atoms with Crippen LogP contribution in [0.2, 0.25) is 10.0 Å². The van der Waals surface area contributed by atoms with Crippen LogP contribution in [0.3, 0.4) is 0 Å². The quantitative estimate of drug-likeness (QED) is 0.395. The zero-order valence-electron chi connectivity index (χ0n) is 12.9. The highest BCUT2D eigenvalue weighted by Crippen LogP contribution is 2.25. The molecule has 26 heavy (non-hydrogen) atoms. The first-order valence-electron chi connectivity index (χ1n) is 7.16. The van der Waals surface area contributed by atoms with E-state index in [2.05, 4.69) is 10.4 Å². The second kappa shape index (κ2) is 8.49. The number of thioether (sulfide) groups is 1. The Hall–Kier alpha value is -1.45. The predicted molar refractivity (Wildman–Crippen MR) is 108 cm³/mol. The highest BCUT2D eigenvalue weighted by molar-refractivity contribution is 8.01. The molecule has 0 saturated carbocycles. The topological polar surface area (TPSA) is 46.9 Å². The molecule has 0 atom stereocenters. The number of hydrogen-bond donors (Lipinski definition) is 1. The third-order valence-electron chi connectivity index (χ3n) is 3.13. The molecule has 3 aromatic rings. The van der Waals surface area contributed by atoms with Crippen LogP contribution < -0.4 is 5.32 Å². The molecule has 0 fully saturated rings. The molecule has 10 heteroatoms. The summed E-state index contributed by atoms with van der Waals surface area (Å²) in [5.41, 5.74) is 1.23. The molecule has 4 nitrogen and oxygen atoms in total. The standard InChI is InChI=1S/C16H10Cl2FN3OS3/c17-9-1-4-11(5-2-9)22-16(24)26-15(21-22)25-8-14(23)20-10-3-6-13(19)12(18)7-10/h1-7H,8H2,(H,20,23). The van der Waals surface area contributed by atoms with E-state index in [9.17, 15) is 9.18 Å². The molecule has 1 N–H and O–H groups in total. The molecule has 1 heterocycles. The molecular weight excluding hydrogens is 436 g/mol. The van der Waals surface area contributed by atoms with E-state index in [1.54, 1.807) is 16.8 Å². The van der Waals surface area contributed by atoms with Gasteiger partial charge in [0.05, 0.1) is 16.5 Å². The van der Waals surface area contributed by atoms with Crippen molar-refractivity contribution in [3.8, 4) is 5.69 Å². The highest BCUT2D eigenvalue weighted by Gasteiger charge is 2.10. The predicted octanol–water partition coefficient (Wildman–Crippen LogP) is 5.84. The maximum Gasteiger partial charge on any atom is 0.234 e. The van der Waals surface area contributed by atoms with Gasteiger partial charge in [-0.3, -0.25) is 4.79 Å². The normalized spacial score (nSPS) is 10.7. The first-order chi connectivity index (χ1) is 12.4. The fraction of sp³-hybridized carbons (Fsp3) is 0.0625. The van der Waals surface area contributed by atoms with E-state index in [0.29, 0.717) is 19.0 Å². The summed E-state index contributed by atoms with van der Waals surface area (Å²) >= 11 is 19.5. The first kappa shape index (κ1) is 19.3. The third-order valence-corrected chi connectivity index (χ3v) is 6.04. The summed E-state index contributed by atoms with van der Waals surface area (Å²) in [5.74, 6) is -0.652. The van der Waals surface area contributed by atoms with Gasteiger partial charge in [-0.1, -0.05) is 46.3 Å². The van der Waals surface area contributed by atoms with E-state index in [1.165, 1.54) is 41.3 Å². The van der Waals surface area contributed by atoms with Crippen LogP contribution in [-0.2, 0) is 4.79 Å².